The van der Waals surface area contributed by atoms with Crippen LogP contribution in [0.5, 0.6) is 0 Å². The van der Waals surface area contributed by atoms with E-state index in [4.69, 9.17) is 10.00 Å². The quantitative estimate of drug-likeness (QED) is 0.736. The van der Waals surface area contributed by atoms with Gasteiger partial charge < -0.3 is 4.74 Å². The van der Waals surface area contributed by atoms with Crippen molar-refractivity contribution in [1.82, 2.24) is 14.9 Å². The number of nitriles is 1. The fourth-order valence-electron chi connectivity index (χ4n) is 1.60. The first-order chi connectivity index (χ1) is 8.40. The molecule has 0 aliphatic carbocycles. The summed E-state index contributed by atoms with van der Waals surface area (Å²) in [5, 5.41) is 9.60. The topological polar surface area (TPSA) is 62.0 Å². The van der Waals surface area contributed by atoms with E-state index in [9.17, 15) is 0 Å². The van der Waals surface area contributed by atoms with Gasteiger partial charge in [0.05, 0.1) is 13.2 Å². The minimum absolute atomic E-state index is 0.416. The molecular weight excluding hydrogens is 236 g/mol. The molecule has 6 heteroatoms. The fraction of sp³-hybridized carbons (Fsp3) is 0.545. The minimum atomic E-state index is 0.416. The maximum Gasteiger partial charge on any atom is 0.172 e. The van der Waals surface area contributed by atoms with Crippen LogP contribution in [0.2, 0.25) is 0 Å². The van der Waals surface area contributed by atoms with Crippen LogP contribution in [0, 0.1) is 11.3 Å². The number of rotatable bonds is 4. The Bertz CT molecular complexity index is 401. The summed E-state index contributed by atoms with van der Waals surface area (Å²) in [4.78, 5) is 10.5. The van der Waals surface area contributed by atoms with Crippen molar-refractivity contribution in [2.75, 3.05) is 38.6 Å². The molecule has 1 aromatic rings. The molecule has 1 aliphatic heterocycles. The maximum absolute atomic E-state index is 8.87. The number of nitrogens with zero attached hydrogens (tertiary/aromatic N) is 4. The van der Waals surface area contributed by atoms with Crippen LogP contribution in [0.25, 0.3) is 0 Å². The van der Waals surface area contributed by atoms with Crippen molar-refractivity contribution in [3.05, 3.63) is 18.1 Å². The number of thioether (sulfide) groups is 1. The Labute approximate surface area is 105 Å². The van der Waals surface area contributed by atoms with Crippen molar-refractivity contribution in [2.45, 2.75) is 5.03 Å². The van der Waals surface area contributed by atoms with Crippen LogP contribution < -0.4 is 0 Å². The van der Waals surface area contributed by atoms with Crippen molar-refractivity contribution in [3.63, 3.8) is 0 Å². The van der Waals surface area contributed by atoms with Gasteiger partial charge in [-0.05, 0) is 0 Å². The van der Waals surface area contributed by atoms with Crippen molar-refractivity contribution in [3.8, 4) is 6.07 Å². The second-order valence-electron chi connectivity index (χ2n) is 3.62. The molecule has 90 valence electrons. The summed E-state index contributed by atoms with van der Waals surface area (Å²) in [5.41, 5.74) is 0.416. The number of hydrogen-bond donors (Lipinski definition) is 0. The fourth-order valence-corrected chi connectivity index (χ4v) is 2.52. The van der Waals surface area contributed by atoms with Crippen LogP contribution in [0.1, 0.15) is 5.69 Å². The molecule has 17 heavy (non-hydrogen) atoms. The standard InChI is InChI=1S/C11H14N4OS/c12-9-10-11(14-2-1-13-10)17-8-5-15-3-6-16-7-4-15/h1-2H,3-8H2. The SMILES string of the molecule is N#Cc1nccnc1SCCN1CCOCC1. The summed E-state index contributed by atoms with van der Waals surface area (Å²) in [5.74, 6) is 0.924. The van der Waals surface area contributed by atoms with Crippen LogP contribution in [0.4, 0.5) is 0 Å². The number of ether oxygens (including phenoxy) is 1. The van der Waals surface area contributed by atoms with Crippen LogP contribution in [-0.2, 0) is 4.74 Å². The van der Waals surface area contributed by atoms with E-state index in [2.05, 4.69) is 20.9 Å². The average molecular weight is 250 g/mol. The van der Waals surface area contributed by atoms with E-state index >= 15 is 0 Å². The molecule has 5 nitrogen and oxygen atoms in total. The molecule has 0 atom stereocenters. The summed E-state index contributed by atoms with van der Waals surface area (Å²) in [6.07, 6.45) is 3.17. The van der Waals surface area contributed by atoms with E-state index in [0.29, 0.717) is 5.69 Å². The molecular formula is C11H14N4OS. The third-order valence-electron chi connectivity index (χ3n) is 2.52. The van der Waals surface area contributed by atoms with Crippen LogP contribution >= 0.6 is 11.8 Å². The first kappa shape index (κ1) is 12.3. The molecule has 1 aliphatic rings. The molecule has 0 spiro atoms. The van der Waals surface area contributed by atoms with Gasteiger partial charge in [-0.15, -0.1) is 11.8 Å². The highest BCUT2D eigenvalue weighted by molar-refractivity contribution is 7.99. The smallest absolute Gasteiger partial charge is 0.172 e. The lowest BCUT2D eigenvalue weighted by Crippen LogP contribution is -2.37. The van der Waals surface area contributed by atoms with E-state index < -0.39 is 0 Å². The van der Waals surface area contributed by atoms with Gasteiger partial charge in [-0.3, -0.25) is 4.90 Å². The Morgan fingerprint density at radius 1 is 1.35 bits per heavy atom. The van der Waals surface area contributed by atoms with Gasteiger partial charge in [-0.2, -0.15) is 5.26 Å². The van der Waals surface area contributed by atoms with Crippen LogP contribution in [-0.4, -0.2) is 53.5 Å². The van der Waals surface area contributed by atoms with E-state index in [1.165, 1.54) is 0 Å². The van der Waals surface area contributed by atoms with Gasteiger partial charge >= 0.3 is 0 Å². The molecule has 2 heterocycles. The number of hydrogen-bond acceptors (Lipinski definition) is 6. The predicted octanol–water partition coefficient (Wildman–Crippen LogP) is 0.773. The highest BCUT2D eigenvalue weighted by Gasteiger charge is 2.11. The van der Waals surface area contributed by atoms with Gasteiger partial charge in [0.2, 0.25) is 0 Å². The third kappa shape index (κ3) is 3.66. The highest BCUT2D eigenvalue weighted by Crippen LogP contribution is 2.17. The molecule has 0 radical (unpaired) electrons. The molecule has 0 N–H and O–H groups in total. The zero-order chi connectivity index (χ0) is 11.9. The summed E-state index contributed by atoms with van der Waals surface area (Å²) >= 11 is 1.59. The summed E-state index contributed by atoms with van der Waals surface area (Å²) in [6, 6.07) is 2.06. The van der Waals surface area contributed by atoms with E-state index in [0.717, 1.165) is 43.6 Å². The van der Waals surface area contributed by atoms with Crippen molar-refractivity contribution in [2.24, 2.45) is 0 Å². The normalized spacial score (nSPS) is 16.6. The maximum atomic E-state index is 8.87. The van der Waals surface area contributed by atoms with E-state index in [1.807, 2.05) is 0 Å². The molecule has 0 unspecified atom stereocenters. The molecule has 0 amide bonds. The monoisotopic (exact) mass is 250 g/mol. The average Bonchev–Trinajstić information content (AvgIpc) is 2.40. The number of aromatic nitrogens is 2. The number of morpholine rings is 1. The Kier molecular flexibility index (Phi) is 4.74. The largest absolute Gasteiger partial charge is 0.379 e. The van der Waals surface area contributed by atoms with Crippen molar-refractivity contribution in [1.29, 1.82) is 5.26 Å². The van der Waals surface area contributed by atoms with E-state index in [1.54, 1.807) is 24.2 Å². The van der Waals surface area contributed by atoms with Crippen LogP contribution in [0.3, 0.4) is 0 Å². The second kappa shape index (κ2) is 6.55. The second-order valence-corrected chi connectivity index (χ2v) is 4.71. The van der Waals surface area contributed by atoms with Gasteiger partial charge in [0, 0.05) is 37.8 Å². The Hall–Kier alpha value is -1.16. The molecule has 1 aromatic heterocycles. The Morgan fingerprint density at radius 2 is 2.12 bits per heavy atom. The summed E-state index contributed by atoms with van der Waals surface area (Å²) in [7, 11) is 0. The predicted molar refractivity (Wildman–Crippen MR) is 64.7 cm³/mol. The lowest BCUT2D eigenvalue weighted by atomic mass is 10.4. The Balaban J connectivity index is 1.79. The van der Waals surface area contributed by atoms with Crippen LogP contribution in [0.15, 0.2) is 17.4 Å². The van der Waals surface area contributed by atoms with Gasteiger partial charge in [0.15, 0.2) is 5.69 Å². The first-order valence-corrected chi connectivity index (χ1v) is 6.52. The summed E-state index contributed by atoms with van der Waals surface area (Å²) in [6.45, 7) is 4.62. The molecule has 0 saturated carbocycles. The first-order valence-electron chi connectivity index (χ1n) is 5.54. The lowest BCUT2D eigenvalue weighted by molar-refractivity contribution is 0.0410. The Morgan fingerprint density at radius 3 is 2.88 bits per heavy atom. The third-order valence-corrected chi connectivity index (χ3v) is 3.48. The zero-order valence-corrected chi connectivity index (χ0v) is 10.3. The molecule has 2 rings (SSSR count). The molecule has 1 saturated heterocycles. The van der Waals surface area contributed by atoms with Gasteiger partial charge in [-0.25, -0.2) is 9.97 Å². The van der Waals surface area contributed by atoms with Crippen molar-refractivity contribution < 1.29 is 4.74 Å². The van der Waals surface area contributed by atoms with Crippen molar-refractivity contribution >= 4 is 11.8 Å². The van der Waals surface area contributed by atoms with E-state index in [-0.39, 0.29) is 0 Å². The molecule has 1 fully saturated rings. The minimum Gasteiger partial charge on any atom is -0.379 e. The highest BCUT2D eigenvalue weighted by atomic mass is 32.2. The van der Waals surface area contributed by atoms with Gasteiger partial charge in [0.25, 0.3) is 0 Å². The van der Waals surface area contributed by atoms with Gasteiger partial charge in [0.1, 0.15) is 11.1 Å². The molecule has 0 bridgehead atoms. The lowest BCUT2D eigenvalue weighted by Gasteiger charge is -2.26. The molecule has 0 aromatic carbocycles. The zero-order valence-electron chi connectivity index (χ0n) is 9.50. The van der Waals surface area contributed by atoms with Gasteiger partial charge in [-0.1, -0.05) is 0 Å². The summed E-state index contributed by atoms with van der Waals surface area (Å²) < 4.78 is 5.29.